The number of carbonyl (C=O) groups is 1. The lowest BCUT2D eigenvalue weighted by molar-refractivity contribution is -0.123. The van der Waals surface area contributed by atoms with E-state index < -0.39 is 0 Å². The summed E-state index contributed by atoms with van der Waals surface area (Å²) >= 11 is 0. The molecular weight excluding hydrogens is 172 g/mol. The maximum Gasteiger partial charge on any atom is 0.135 e. The average Bonchev–Trinajstić information content (AvgIpc) is 2.17. The lowest BCUT2D eigenvalue weighted by atomic mass is 9.77. The minimum absolute atomic E-state index is 0.406. The summed E-state index contributed by atoms with van der Waals surface area (Å²) in [6, 6.07) is 0. The molecule has 1 fully saturated rings. The third-order valence-electron chi connectivity index (χ3n) is 3.46. The molecule has 0 aromatic carbocycles. The molecule has 1 aliphatic carbocycles. The largest absolute Gasteiger partial charge is 0.299 e. The highest BCUT2D eigenvalue weighted by Crippen LogP contribution is 2.33. The van der Waals surface area contributed by atoms with Crippen LogP contribution in [0.5, 0.6) is 0 Å². The second kappa shape index (κ2) is 5.53. The lowest BCUT2D eigenvalue weighted by Gasteiger charge is -2.28. The summed E-state index contributed by atoms with van der Waals surface area (Å²) in [4.78, 5) is 11.5. The van der Waals surface area contributed by atoms with Gasteiger partial charge in [-0.25, -0.2) is 0 Å². The maximum atomic E-state index is 11.5. The molecule has 14 heavy (non-hydrogen) atoms. The van der Waals surface area contributed by atoms with Crippen LogP contribution in [0.1, 0.15) is 59.3 Å². The number of carbonyl (C=O) groups excluding carboxylic acids is 1. The van der Waals surface area contributed by atoms with Crippen LogP contribution in [0.15, 0.2) is 0 Å². The first-order valence-corrected chi connectivity index (χ1v) is 6.16. The summed E-state index contributed by atoms with van der Waals surface area (Å²) in [7, 11) is 0. The van der Waals surface area contributed by atoms with Crippen LogP contribution < -0.4 is 0 Å². The van der Waals surface area contributed by atoms with E-state index in [9.17, 15) is 4.79 Å². The highest BCUT2D eigenvalue weighted by Gasteiger charge is 2.25. The van der Waals surface area contributed by atoms with E-state index in [1.165, 1.54) is 19.3 Å². The number of hydrogen-bond acceptors (Lipinski definition) is 1. The molecule has 1 rings (SSSR count). The van der Waals surface area contributed by atoms with Crippen molar-refractivity contribution in [3.8, 4) is 0 Å². The van der Waals surface area contributed by atoms with Crippen LogP contribution in [0.25, 0.3) is 0 Å². The first-order valence-electron chi connectivity index (χ1n) is 6.16. The Morgan fingerprint density at radius 1 is 1.21 bits per heavy atom. The van der Waals surface area contributed by atoms with Crippen molar-refractivity contribution in [2.24, 2.45) is 17.8 Å². The molecule has 0 amide bonds. The van der Waals surface area contributed by atoms with E-state index in [0.717, 1.165) is 31.1 Å². The SMILES string of the molecule is CCC(=O)C1CCC(CC(C)C)CC1. The molecule has 1 aliphatic rings. The van der Waals surface area contributed by atoms with E-state index in [-0.39, 0.29) is 0 Å². The fourth-order valence-electron chi connectivity index (χ4n) is 2.68. The van der Waals surface area contributed by atoms with Gasteiger partial charge in [-0.2, -0.15) is 0 Å². The molecular formula is C13H24O. The van der Waals surface area contributed by atoms with Crippen LogP contribution in [0, 0.1) is 17.8 Å². The van der Waals surface area contributed by atoms with Crippen molar-refractivity contribution in [2.45, 2.75) is 59.3 Å². The van der Waals surface area contributed by atoms with Crippen LogP contribution in [-0.4, -0.2) is 5.78 Å². The molecule has 0 radical (unpaired) electrons. The minimum atomic E-state index is 0.406. The van der Waals surface area contributed by atoms with E-state index in [1.807, 2.05) is 6.92 Å². The van der Waals surface area contributed by atoms with Crippen LogP contribution in [0.4, 0.5) is 0 Å². The second-order valence-corrected chi connectivity index (χ2v) is 5.17. The molecule has 1 heteroatoms. The van der Waals surface area contributed by atoms with Crippen LogP contribution >= 0.6 is 0 Å². The standard InChI is InChI=1S/C13H24O/c1-4-13(14)12-7-5-11(6-8-12)9-10(2)3/h10-12H,4-9H2,1-3H3. The second-order valence-electron chi connectivity index (χ2n) is 5.17. The number of Topliss-reactive ketones (excluding diaryl/α,β-unsaturated/α-hetero) is 1. The van der Waals surface area contributed by atoms with Crippen molar-refractivity contribution in [2.75, 3.05) is 0 Å². The first kappa shape index (κ1) is 11.7. The van der Waals surface area contributed by atoms with Gasteiger partial charge in [0.25, 0.3) is 0 Å². The Morgan fingerprint density at radius 3 is 2.21 bits per heavy atom. The highest BCUT2D eigenvalue weighted by molar-refractivity contribution is 5.80. The zero-order valence-electron chi connectivity index (χ0n) is 9.88. The van der Waals surface area contributed by atoms with E-state index in [2.05, 4.69) is 13.8 Å². The fourth-order valence-corrected chi connectivity index (χ4v) is 2.68. The molecule has 0 saturated heterocycles. The minimum Gasteiger partial charge on any atom is -0.299 e. The molecule has 0 N–H and O–H groups in total. The van der Waals surface area contributed by atoms with Crippen LogP contribution in [0.2, 0.25) is 0 Å². The summed E-state index contributed by atoms with van der Waals surface area (Å²) in [6.45, 7) is 6.58. The predicted molar refractivity (Wildman–Crippen MR) is 60.2 cm³/mol. The normalized spacial score (nSPS) is 28.0. The molecule has 1 saturated carbocycles. The maximum absolute atomic E-state index is 11.5. The van der Waals surface area contributed by atoms with Crippen LogP contribution in [-0.2, 0) is 4.79 Å². The van der Waals surface area contributed by atoms with Gasteiger partial charge in [-0.3, -0.25) is 4.79 Å². The van der Waals surface area contributed by atoms with Gasteiger partial charge in [0, 0.05) is 12.3 Å². The number of ketones is 1. The Hall–Kier alpha value is -0.330. The van der Waals surface area contributed by atoms with E-state index >= 15 is 0 Å². The smallest absolute Gasteiger partial charge is 0.135 e. The third-order valence-corrected chi connectivity index (χ3v) is 3.46. The molecule has 0 unspecified atom stereocenters. The summed E-state index contributed by atoms with van der Waals surface area (Å²) in [5, 5.41) is 0. The molecule has 0 aromatic rings. The van der Waals surface area contributed by atoms with Gasteiger partial charge >= 0.3 is 0 Å². The molecule has 0 bridgehead atoms. The first-order chi connectivity index (χ1) is 6.63. The fraction of sp³-hybridized carbons (Fsp3) is 0.923. The van der Waals surface area contributed by atoms with Crippen molar-refractivity contribution in [3.05, 3.63) is 0 Å². The predicted octanol–water partition coefficient (Wildman–Crippen LogP) is 3.82. The Labute approximate surface area is 88.3 Å². The van der Waals surface area contributed by atoms with Crippen molar-refractivity contribution in [1.82, 2.24) is 0 Å². The number of rotatable bonds is 4. The molecule has 82 valence electrons. The van der Waals surface area contributed by atoms with E-state index in [0.29, 0.717) is 11.7 Å². The van der Waals surface area contributed by atoms with Crippen molar-refractivity contribution >= 4 is 5.78 Å². The Bertz CT molecular complexity index is 176. The Kier molecular flexibility index (Phi) is 4.64. The molecule has 0 aromatic heterocycles. The third kappa shape index (κ3) is 3.43. The zero-order chi connectivity index (χ0) is 10.6. The van der Waals surface area contributed by atoms with Gasteiger partial charge in [0.2, 0.25) is 0 Å². The summed E-state index contributed by atoms with van der Waals surface area (Å²) in [5.74, 6) is 2.62. The average molecular weight is 196 g/mol. The van der Waals surface area contributed by atoms with Gasteiger partial charge in [-0.1, -0.05) is 20.8 Å². The lowest BCUT2D eigenvalue weighted by Crippen LogP contribution is -2.22. The van der Waals surface area contributed by atoms with Crippen molar-refractivity contribution in [3.63, 3.8) is 0 Å². The Morgan fingerprint density at radius 2 is 1.79 bits per heavy atom. The van der Waals surface area contributed by atoms with E-state index in [1.54, 1.807) is 0 Å². The van der Waals surface area contributed by atoms with Crippen LogP contribution in [0.3, 0.4) is 0 Å². The highest BCUT2D eigenvalue weighted by atomic mass is 16.1. The van der Waals surface area contributed by atoms with Crippen molar-refractivity contribution in [1.29, 1.82) is 0 Å². The zero-order valence-corrected chi connectivity index (χ0v) is 9.88. The van der Waals surface area contributed by atoms with Gasteiger partial charge < -0.3 is 0 Å². The quantitative estimate of drug-likeness (QED) is 0.668. The van der Waals surface area contributed by atoms with Gasteiger partial charge in [-0.15, -0.1) is 0 Å². The molecule has 0 aliphatic heterocycles. The van der Waals surface area contributed by atoms with E-state index in [4.69, 9.17) is 0 Å². The van der Waals surface area contributed by atoms with Gasteiger partial charge in [0.1, 0.15) is 5.78 Å². The monoisotopic (exact) mass is 196 g/mol. The molecule has 0 spiro atoms. The summed E-state index contributed by atoms with van der Waals surface area (Å²) < 4.78 is 0. The molecule has 1 nitrogen and oxygen atoms in total. The van der Waals surface area contributed by atoms with Crippen molar-refractivity contribution < 1.29 is 4.79 Å². The molecule has 0 atom stereocenters. The Balaban J connectivity index is 2.27. The molecule has 0 heterocycles. The van der Waals surface area contributed by atoms with Gasteiger partial charge in [-0.05, 0) is 43.9 Å². The summed E-state index contributed by atoms with van der Waals surface area (Å²) in [6.07, 6.45) is 6.98. The summed E-state index contributed by atoms with van der Waals surface area (Å²) in [5.41, 5.74) is 0. The number of hydrogen-bond donors (Lipinski definition) is 0. The van der Waals surface area contributed by atoms with Gasteiger partial charge in [0.15, 0.2) is 0 Å². The topological polar surface area (TPSA) is 17.1 Å². The van der Waals surface area contributed by atoms with Gasteiger partial charge in [0.05, 0.1) is 0 Å².